The van der Waals surface area contributed by atoms with Crippen LogP contribution in [0.4, 0.5) is 0 Å². The molecule has 0 saturated carbocycles. The van der Waals surface area contributed by atoms with E-state index < -0.39 is 0 Å². The lowest BCUT2D eigenvalue weighted by Crippen LogP contribution is -2.05. The van der Waals surface area contributed by atoms with Gasteiger partial charge in [-0.1, -0.05) is 20.8 Å². The standard InChI is InChI=1S/C8H14S2/c1-6-7(8(2,3)4)10-5-9-6/h5H2,1-4H3. The molecule has 0 aromatic heterocycles. The van der Waals surface area contributed by atoms with Crippen molar-refractivity contribution in [3.8, 4) is 0 Å². The molecule has 0 saturated heterocycles. The van der Waals surface area contributed by atoms with Crippen molar-refractivity contribution in [3.63, 3.8) is 0 Å². The van der Waals surface area contributed by atoms with Gasteiger partial charge in [0.2, 0.25) is 0 Å². The van der Waals surface area contributed by atoms with Crippen molar-refractivity contribution in [3.05, 3.63) is 9.81 Å². The average molecular weight is 174 g/mol. The van der Waals surface area contributed by atoms with Crippen molar-refractivity contribution >= 4 is 23.5 Å². The average Bonchev–Trinajstić information content (AvgIpc) is 2.11. The molecule has 0 nitrogen and oxygen atoms in total. The van der Waals surface area contributed by atoms with Gasteiger partial charge < -0.3 is 0 Å². The quantitative estimate of drug-likeness (QED) is 0.549. The number of thioether (sulfide) groups is 2. The molecule has 0 radical (unpaired) electrons. The predicted octanol–water partition coefficient (Wildman–Crippen LogP) is 3.70. The normalized spacial score (nSPS) is 20.4. The lowest BCUT2D eigenvalue weighted by atomic mass is 9.96. The van der Waals surface area contributed by atoms with Crippen molar-refractivity contribution in [1.29, 1.82) is 0 Å². The summed E-state index contributed by atoms with van der Waals surface area (Å²) in [6.07, 6.45) is 0. The van der Waals surface area contributed by atoms with Crippen LogP contribution >= 0.6 is 23.5 Å². The van der Waals surface area contributed by atoms with Gasteiger partial charge in [0, 0.05) is 9.99 Å². The molecule has 0 aliphatic carbocycles. The molecule has 0 atom stereocenters. The molecule has 1 heterocycles. The Morgan fingerprint density at radius 3 is 2.00 bits per heavy atom. The molecule has 0 amide bonds. The molecule has 1 aliphatic heterocycles. The van der Waals surface area contributed by atoms with Crippen molar-refractivity contribution in [2.75, 3.05) is 5.08 Å². The van der Waals surface area contributed by atoms with E-state index in [9.17, 15) is 0 Å². The first-order valence-electron chi connectivity index (χ1n) is 3.49. The van der Waals surface area contributed by atoms with Gasteiger partial charge in [-0.15, -0.1) is 23.5 Å². The Morgan fingerprint density at radius 2 is 1.80 bits per heavy atom. The summed E-state index contributed by atoms with van der Waals surface area (Å²) in [4.78, 5) is 3.11. The summed E-state index contributed by atoms with van der Waals surface area (Å²) in [5, 5.41) is 1.22. The Balaban J connectivity index is 2.81. The topological polar surface area (TPSA) is 0 Å². The summed E-state index contributed by atoms with van der Waals surface area (Å²) >= 11 is 3.97. The Bertz CT molecular complexity index is 163. The molecule has 0 fully saturated rings. The summed E-state index contributed by atoms with van der Waals surface area (Å²) in [6.45, 7) is 9.07. The van der Waals surface area contributed by atoms with E-state index in [-0.39, 0.29) is 0 Å². The maximum absolute atomic E-state index is 2.28. The van der Waals surface area contributed by atoms with Crippen LogP contribution in [0.2, 0.25) is 0 Å². The Morgan fingerprint density at radius 1 is 1.20 bits per heavy atom. The van der Waals surface area contributed by atoms with E-state index in [4.69, 9.17) is 0 Å². The van der Waals surface area contributed by atoms with Crippen molar-refractivity contribution in [1.82, 2.24) is 0 Å². The van der Waals surface area contributed by atoms with E-state index in [1.54, 1.807) is 4.91 Å². The zero-order valence-corrected chi connectivity index (χ0v) is 8.66. The van der Waals surface area contributed by atoms with Gasteiger partial charge in [-0.2, -0.15) is 0 Å². The van der Waals surface area contributed by atoms with Crippen LogP contribution in [0, 0.1) is 5.41 Å². The van der Waals surface area contributed by atoms with Crippen molar-refractivity contribution in [2.24, 2.45) is 5.41 Å². The second-order valence-corrected chi connectivity index (χ2v) is 6.08. The van der Waals surface area contributed by atoms with Crippen molar-refractivity contribution in [2.45, 2.75) is 27.7 Å². The second-order valence-electron chi connectivity index (χ2n) is 3.54. The molecule has 0 aromatic rings. The monoisotopic (exact) mass is 174 g/mol. The molecule has 0 spiro atoms. The van der Waals surface area contributed by atoms with Gasteiger partial charge in [0.25, 0.3) is 0 Å². The zero-order chi connectivity index (χ0) is 7.78. The number of rotatable bonds is 0. The lowest BCUT2D eigenvalue weighted by molar-refractivity contribution is 0.532. The molecule has 2 heteroatoms. The third-order valence-corrected chi connectivity index (χ3v) is 4.40. The summed E-state index contributed by atoms with van der Waals surface area (Å²) in [7, 11) is 0. The van der Waals surface area contributed by atoms with Crippen LogP contribution in [0.1, 0.15) is 27.7 Å². The van der Waals surface area contributed by atoms with Crippen molar-refractivity contribution < 1.29 is 0 Å². The summed E-state index contributed by atoms with van der Waals surface area (Å²) < 4.78 is 0. The number of hydrogen-bond donors (Lipinski definition) is 0. The fourth-order valence-electron chi connectivity index (χ4n) is 1.09. The molecule has 0 aromatic carbocycles. The highest BCUT2D eigenvalue weighted by Gasteiger charge is 2.23. The van der Waals surface area contributed by atoms with Crippen LogP contribution in [0.3, 0.4) is 0 Å². The minimum absolute atomic E-state index is 0.373. The molecule has 10 heavy (non-hydrogen) atoms. The Kier molecular flexibility index (Phi) is 2.41. The van der Waals surface area contributed by atoms with Crippen LogP contribution in [-0.4, -0.2) is 5.08 Å². The third-order valence-electron chi connectivity index (χ3n) is 1.48. The van der Waals surface area contributed by atoms with E-state index in [0.29, 0.717) is 5.41 Å². The molecule has 1 aliphatic rings. The number of allylic oxidation sites excluding steroid dienone is 2. The lowest BCUT2D eigenvalue weighted by Gasteiger charge is -2.19. The maximum Gasteiger partial charge on any atom is 0.0481 e. The van der Waals surface area contributed by atoms with E-state index >= 15 is 0 Å². The van der Waals surface area contributed by atoms with Gasteiger partial charge in [-0.05, 0) is 17.2 Å². The van der Waals surface area contributed by atoms with E-state index in [0.717, 1.165) is 0 Å². The van der Waals surface area contributed by atoms with Crippen LogP contribution in [0.5, 0.6) is 0 Å². The minimum Gasteiger partial charge on any atom is -0.119 e. The largest absolute Gasteiger partial charge is 0.119 e. The summed E-state index contributed by atoms with van der Waals surface area (Å²) in [5.74, 6) is 0. The molecule has 1 rings (SSSR count). The van der Waals surface area contributed by atoms with Crippen LogP contribution in [0.25, 0.3) is 0 Å². The summed E-state index contributed by atoms with van der Waals surface area (Å²) in [5.41, 5.74) is 0.373. The molecule has 58 valence electrons. The van der Waals surface area contributed by atoms with Gasteiger partial charge in [-0.25, -0.2) is 0 Å². The van der Waals surface area contributed by atoms with Gasteiger partial charge in [0.15, 0.2) is 0 Å². The highest BCUT2D eigenvalue weighted by atomic mass is 32.2. The van der Waals surface area contributed by atoms with Gasteiger partial charge >= 0.3 is 0 Å². The predicted molar refractivity (Wildman–Crippen MR) is 52.2 cm³/mol. The highest BCUT2D eigenvalue weighted by molar-refractivity contribution is 8.22. The fourth-order valence-corrected chi connectivity index (χ4v) is 3.93. The van der Waals surface area contributed by atoms with Crippen LogP contribution in [0.15, 0.2) is 9.81 Å². The smallest absolute Gasteiger partial charge is 0.0481 e. The summed E-state index contributed by atoms with van der Waals surface area (Å²) in [6, 6.07) is 0. The first-order chi connectivity index (χ1) is 4.52. The SMILES string of the molecule is CC1=C(C(C)(C)C)SCS1. The van der Waals surface area contributed by atoms with Crippen LogP contribution in [-0.2, 0) is 0 Å². The highest BCUT2D eigenvalue weighted by Crippen LogP contribution is 2.47. The Labute approximate surface area is 71.8 Å². The van der Waals surface area contributed by atoms with E-state index in [1.807, 2.05) is 23.5 Å². The third kappa shape index (κ3) is 1.73. The first kappa shape index (κ1) is 8.54. The molecule has 0 unspecified atom stereocenters. The van der Waals surface area contributed by atoms with E-state index in [1.165, 1.54) is 9.99 Å². The molecule has 0 bridgehead atoms. The van der Waals surface area contributed by atoms with Crippen LogP contribution < -0.4 is 0 Å². The second kappa shape index (κ2) is 2.82. The van der Waals surface area contributed by atoms with Gasteiger partial charge in [0.1, 0.15) is 0 Å². The van der Waals surface area contributed by atoms with Gasteiger partial charge in [0.05, 0.1) is 0 Å². The Hall–Kier alpha value is 0.440. The van der Waals surface area contributed by atoms with Gasteiger partial charge in [-0.3, -0.25) is 0 Å². The minimum atomic E-state index is 0.373. The first-order valence-corrected chi connectivity index (χ1v) is 5.46. The van der Waals surface area contributed by atoms with E-state index in [2.05, 4.69) is 27.7 Å². The fraction of sp³-hybridized carbons (Fsp3) is 0.750. The molecule has 0 N–H and O–H groups in total. The molecular weight excluding hydrogens is 160 g/mol. The zero-order valence-electron chi connectivity index (χ0n) is 7.02. The molecular formula is C8H14S2. The number of hydrogen-bond acceptors (Lipinski definition) is 2. The maximum atomic E-state index is 2.28.